The van der Waals surface area contributed by atoms with Gasteiger partial charge in [-0.3, -0.25) is 9.52 Å². The van der Waals surface area contributed by atoms with Crippen LogP contribution in [0.2, 0.25) is 10.0 Å². The van der Waals surface area contributed by atoms with E-state index < -0.39 is 37.5 Å². The molecule has 1 aromatic carbocycles. The Morgan fingerprint density at radius 1 is 1.12 bits per heavy atom. The van der Waals surface area contributed by atoms with Gasteiger partial charge in [0.05, 0.1) is 9.92 Å². The molecule has 24 heavy (non-hydrogen) atoms. The van der Waals surface area contributed by atoms with Gasteiger partial charge in [0.2, 0.25) is 5.43 Å². The Kier molecular flexibility index (Phi) is 5.02. The number of sulfonamides is 1. The first-order valence-corrected chi connectivity index (χ1v) is 8.18. The first-order chi connectivity index (χ1) is 11.0. The second-order valence-corrected chi connectivity index (χ2v) is 6.79. The smallest absolute Gasteiger partial charge is 0.404 e. The summed E-state index contributed by atoms with van der Waals surface area (Å²) in [7, 11) is -4.29. The van der Waals surface area contributed by atoms with Crippen molar-refractivity contribution in [2.75, 3.05) is 4.72 Å². The lowest BCUT2D eigenvalue weighted by atomic mass is 10.3. The lowest BCUT2D eigenvalue weighted by Gasteiger charge is -2.12. The minimum Gasteiger partial charge on any atom is -0.404 e. The van der Waals surface area contributed by atoms with Crippen LogP contribution in [0.1, 0.15) is 0 Å². The van der Waals surface area contributed by atoms with E-state index in [0.29, 0.717) is 0 Å². The summed E-state index contributed by atoms with van der Waals surface area (Å²) in [6.07, 6.45) is -2.76. The molecule has 2 N–H and O–H groups in total. The van der Waals surface area contributed by atoms with Gasteiger partial charge in [0.25, 0.3) is 10.0 Å². The molecule has 2 rings (SSSR count). The molecule has 0 aliphatic heterocycles. The molecule has 6 nitrogen and oxygen atoms in total. The molecule has 1 aromatic heterocycles. The highest BCUT2D eigenvalue weighted by molar-refractivity contribution is 7.92. The van der Waals surface area contributed by atoms with Gasteiger partial charge >= 0.3 is 6.36 Å². The molecule has 0 aliphatic carbocycles. The van der Waals surface area contributed by atoms with Crippen molar-refractivity contribution < 1.29 is 26.3 Å². The van der Waals surface area contributed by atoms with Gasteiger partial charge in [-0.25, -0.2) is 8.42 Å². The lowest BCUT2D eigenvalue weighted by Crippen LogP contribution is -2.20. The monoisotopic (exact) mass is 402 g/mol. The fourth-order valence-corrected chi connectivity index (χ4v) is 3.12. The van der Waals surface area contributed by atoms with Crippen molar-refractivity contribution in [2.45, 2.75) is 11.3 Å². The number of alkyl halides is 3. The highest BCUT2D eigenvalue weighted by Gasteiger charge is 2.32. The molecule has 0 bridgehead atoms. The zero-order chi connectivity index (χ0) is 18.1. The average Bonchev–Trinajstić information content (AvgIpc) is 2.44. The van der Waals surface area contributed by atoms with E-state index in [1.165, 1.54) is 0 Å². The summed E-state index contributed by atoms with van der Waals surface area (Å²) in [5.74, 6) is -0.760. The van der Waals surface area contributed by atoms with Crippen LogP contribution in [0.3, 0.4) is 0 Å². The molecule has 0 radical (unpaired) electrons. The number of rotatable bonds is 4. The van der Waals surface area contributed by atoms with Gasteiger partial charge in [0.1, 0.15) is 16.5 Å². The molecule has 1 heterocycles. The highest BCUT2D eigenvalue weighted by atomic mass is 35.5. The van der Waals surface area contributed by atoms with E-state index in [0.717, 1.165) is 30.6 Å². The Bertz CT molecular complexity index is 929. The summed E-state index contributed by atoms with van der Waals surface area (Å²) in [6, 6.07) is 2.34. The van der Waals surface area contributed by atoms with Crippen LogP contribution in [0.15, 0.2) is 40.3 Å². The summed E-state index contributed by atoms with van der Waals surface area (Å²) in [6.45, 7) is 0. The van der Waals surface area contributed by atoms with Crippen molar-refractivity contribution in [3.63, 3.8) is 0 Å². The third-order valence-electron chi connectivity index (χ3n) is 2.58. The third kappa shape index (κ3) is 4.34. The summed E-state index contributed by atoms with van der Waals surface area (Å²) in [4.78, 5) is 13.7. The standard InChI is InChI=1S/C12H7Cl2F3N2O4S/c13-7-3-6(1-2-10(7)23-12(15,16)17)24(21,22)19-9-5-18-4-8(14)11(9)20/h1-5,19H,(H,18,20). The number of anilines is 1. The first kappa shape index (κ1) is 18.4. The van der Waals surface area contributed by atoms with Crippen LogP contribution < -0.4 is 14.9 Å². The van der Waals surface area contributed by atoms with E-state index >= 15 is 0 Å². The Morgan fingerprint density at radius 2 is 1.79 bits per heavy atom. The second-order valence-electron chi connectivity index (χ2n) is 4.29. The van der Waals surface area contributed by atoms with Crippen molar-refractivity contribution in [1.82, 2.24) is 4.98 Å². The fourth-order valence-electron chi connectivity index (χ4n) is 1.59. The van der Waals surface area contributed by atoms with Crippen LogP contribution in [0.25, 0.3) is 0 Å². The number of H-pyrrole nitrogens is 1. The van der Waals surface area contributed by atoms with Crippen molar-refractivity contribution in [1.29, 1.82) is 0 Å². The number of aromatic nitrogens is 1. The zero-order valence-corrected chi connectivity index (χ0v) is 13.6. The number of hydrogen-bond donors (Lipinski definition) is 2. The maximum atomic E-state index is 12.2. The molecule has 0 spiro atoms. The van der Waals surface area contributed by atoms with E-state index in [-0.39, 0.29) is 10.7 Å². The van der Waals surface area contributed by atoms with Gasteiger partial charge in [-0.2, -0.15) is 0 Å². The number of ether oxygens (including phenoxy) is 1. The van der Waals surface area contributed by atoms with Crippen LogP contribution >= 0.6 is 23.2 Å². The van der Waals surface area contributed by atoms with Crippen LogP contribution in [-0.2, 0) is 10.0 Å². The molecule has 0 aliphatic rings. The van der Waals surface area contributed by atoms with Crippen molar-refractivity contribution in [3.8, 4) is 5.75 Å². The SMILES string of the molecule is O=c1c(Cl)c[nH]cc1NS(=O)(=O)c1ccc(OC(F)(F)F)c(Cl)c1. The number of hydrogen-bond acceptors (Lipinski definition) is 4. The normalized spacial score (nSPS) is 12.0. The maximum absolute atomic E-state index is 12.2. The summed E-state index contributed by atoms with van der Waals surface area (Å²) >= 11 is 11.2. The molecular formula is C12H7Cl2F3N2O4S. The van der Waals surface area contributed by atoms with Gasteiger partial charge < -0.3 is 9.72 Å². The summed E-state index contributed by atoms with van der Waals surface area (Å²) in [5.41, 5.74) is -1.14. The van der Waals surface area contributed by atoms with E-state index in [1.807, 2.05) is 4.72 Å². The number of pyridine rings is 1. The summed E-state index contributed by atoms with van der Waals surface area (Å²) in [5, 5.41) is -0.822. The Labute approximate surface area is 143 Å². The van der Waals surface area contributed by atoms with Gasteiger partial charge in [0, 0.05) is 12.4 Å². The predicted octanol–water partition coefficient (Wildman–Crippen LogP) is 3.38. The Morgan fingerprint density at radius 3 is 2.38 bits per heavy atom. The predicted molar refractivity (Wildman–Crippen MR) is 81.0 cm³/mol. The van der Waals surface area contributed by atoms with Crippen LogP contribution in [0.4, 0.5) is 18.9 Å². The largest absolute Gasteiger partial charge is 0.573 e. The molecule has 12 heteroatoms. The fraction of sp³-hybridized carbons (Fsp3) is 0.0833. The Hall–Kier alpha value is -1.91. The first-order valence-electron chi connectivity index (χ1n) is 5.94. The average molecular weight is 403 g/mol. The van der Waals surface area contributed by atoms with Crippen molar-refractivity contribution in [3.05, 3.63) is 50.9 Å². The molecule has 0 atom stereocenters. The third-order valence-corrected chi connectivity index (χ3v) is 4.52. The molecule has 0 amide bonds. The molecule has 0 unspecified atom stereocenters. The highest BCUT2D eigenvalue weighted by Crippen LogP contribution is 2.32. The van der Waals surface area contributed by atoms with Crippen LogP contribution in [-0.4, -0.2) is 19.8 Å². The topological polar surface area (TPSA) is 88.3 Å². The number of aromatic amines is 1. The van der Waals surface area contributed by atoms with Crippen LogP contribution in [0.5, 0.6) is 5.75 Å². The van der Waals surface area contributed by atoms with Crippen molar-refractivity contribution >= 4 is 38.9 Å². The Balaban J connectivity index is 2.35. The summed E-state index contributed by atoms with van der Waals surface area (Å²) < 4.78 is 66.5. The molecule has 0 fully saturated rings. The van der Waals surface area contributed by atoms with Gasteiger partial charge in [-0.15, -0.1) is 13.2 Å². The van der Waals surface area contributed by atoms with Crippen LogP contribution in [0, 0.1) is 0 Å². The number of halogens is 5. The number of benzene rings is 1. The van der Waals surface area contributed by atoms with Crippen molar-refractivity contribution in [2.24, 2.45) is 0 Å². The molecule has 0 saturated heterocycles. The van der Waals surface area contributed by atoms with Gasteiger partial charge in [0.15, 0.2) is 0 Å². The van der Waals surface area contributed by atoms with E-state index in [2.05, 4.69) is 9.72 Å². The molecule has 130 valence electrons. The minimum atomic E-state index is -4.98. The van der Waals surface area contributed by atoms with E-state index in [9.17, 15) is 26.4 Å². The number of nitrogens with one attached hydrogen (secondary N) is 2. The lowest BCUT2D eigenvalue weighted by molar-refractivity contribution is -0.274. The molecule has 2 aromatic rings. The molecular weight excluding hydrogens is 396 g/mol. The van der Waals surface area contributed by atoms with Gasteiger partial charge in [-0.05, 0) is 18.2 Å². The second kappa shape index (κ2) is 6.54. The maximum Gasteiger partial charge on any atom is 0.573 e. The minimum absolute atomic E-state index is 0.248. The van der Waals surface area contributed by atoms with Gasteiger partial charge in [-0.1, -0.05) is 23.2 Å². The molecule has 0 saturated carbocycles. The quantitative estimate of drug-likeness (QED) is 0.820. The van der Waals surface area contributed by atoms with E-state index in [1.54, 1.807) is 0 Å². The zero-order valence-electron chi connectivity index (χ0n) is 11.3. The van der Waals surface area contributed by atoms with E-state index in [4.69, 9.17) is 23.2 Å².